The van der Waals surface area contributed by atoms with Gasteiger partial charge in [-0.05, 0) is 115 Å². The number of rotatable bonds is 6. The summed E-state index contributed by atoms with van der Waals surface area (Å²) in [5, 5.41) is 2.20. The van der Waals surface area contributed by atoms with E-state index in [0.717, 1.165) is 0 Å². The lowest BCUT2D eigenvalue weighted by molar-refractivity contribution is 0.796. The zero-order chi connectivity index (χ0) is 50.3. The maximum atomic E-state index is 10.7. The molecule has 0 bridgehead atoms. The minimum atomic E-state index is -2.46. The Kier molecular flexibility index (Phi) is 4.81. The van der Waals surface area contributed by atoms with Crippen LogP contribution in [0, 0.1) is 0 Å². The van der Waals surface area contributed by atoms with Crippen molar-refractivity contribution in [3.8, 4) is 22.3 Å². The Bertz CT molecular complexity index is 3550. The summed E-state index contributed by atoms with van der Waals surface area (Å²) in [7, 11) is -3.79. The number of benzene rings is 9. The highest BCUT2D eigenvalue weighted by molar-refractivity contribution is 7.80. The molecule has 2 aliphatic rings. The molecule has 0 aliphatic heterocycles. The van der Waals surface area contributed by atoms with Gasteiger partial charge in [-0.15, -0.1) is 0 Å². The van der Waals surface area contributed by atoms with Crippen LogP contribution < -0.4 is 31.8 Å². The van der Waals surface area contributed by atoms with Crippen LogP contribution in [-0.2, 0) is 5.41 Å². The topological polar surface area (TPSA) is 0 Å². The van der Waals surface area contributed by atoms with E-state index in [-0.39, 0.29) is 90.1 Å². The molecule has 0 amide bonds. The second-order valence-electron chi connectivity index (χ2n) is 13.2. The van der Waals surface area contributed by atoms with Gasteiger partial charge in [0.05, 0.1) is 27.3 Å². The summed E-state index contributed by atoms with van der Waals surface area (Å²) in [6.07, 6.45) is 0. The van der Waals surface area contributed by atoms with Crippen LogP contribution in [0.5, 0.6) is 0 Å². The van der Waals surface area contributed by atoms with Crippen molar-refractivity contribution in [3.63, 3.8) is 0 Å². The highest BCUT2D eigenvalue weighted by Crippen LogP contribution is 2.64. The lowest BCUT2D eigenvalue weighted by atomic mass is 9.70. The second-order valence-corrected chi connectivity index (χ2v) is 17.5. The Hall–Kier alpha value is -5.90. The summed E-state index contributed by atoms with van der Waals surface area (Å²) in [5.41, 5.74) is -4.40. The Morgan fingerprint density at radius 3 is 1.31 bits per heavy atom. The van der Waals surface area contributed by atoms with Crippen LogP contribution in [-0.4, -0.2) is 0 Å². The summed E-state index contributed by atoms with van der Waals surface area (Å²) in [5.74, 6) is 0. The van der Waals surface area contributed by atoms with Crippen LogP contribution in [0.3, 0.4) is 0 Å². The van der Waals surface area contributed by atoms with Crippen LogP contribution >= 0.6 is 15.8 Å². The van der Waals surface area contributed by atoms with Gasteiger partial charge in [-0.25, -0.2) is 0 Å². The molecule has 9 aromatic carbocycles. The molecule has 55 heavy (non-hydrogen) atoms. The SMILES string of the molecule is [2H]c1c([2H])c([2H])c2c(c1[2H])-c1c(c([2H])c([2H])c3c([2H])c([2H])c([2H])c([2H])c13)C21c2c([2H])c(P(c3ccccc3)c3ccccc3)c([2H])c([2H])c2-c2c([2H])c([2H])c(P(c3ccccc3)c3ccccc3)c([2H])c21. The average molecular weight is 751 g/mol. The molecule has 11 rings (SSSR count). The van der Waals surface area contributed by atoms with Gasteiger partial charge in [0.15, 0.2) is 0 Å². The summed E-state index contributed by atoms with van der Waals surface area (Å²) >= 11 is 0. The highest BCUT2D eigenvalue weighted by Gasteiger charge is 2.52. The predicted octanol–water partition coefficient (Wildman–Crippen LogP) is 10.7. The van der Waals surface area contributed by atoms with Crippen molar-refractivity contribution >= 4 is 58.4 Å². The van der Waals surface area contributed by atoms with Crippen molar-refractivity contribution in [1.82, 2.24) is 0 Å². The summed E-state index contributed by atoms with van der Waals surface area (Å²) in [6, 6.07) is 27.2. The van der Waals surface area contributed by atoms with Gasteiger partial charge in [0, 0.05) is 0 Å². The van der Waals surface area contributed by atoms with Gasteiger partial charge in [-0.2, -0.15) is 0 Å². The van der Waals surface area contributed by atoms with E-state index in [4.69, 9.17) is 5.48 Å². The zero-order valence-electron chi connectivity index (χ0n) is 44.9. The predicted molar refractivity (Wildman–Crippen MR) is 238 cm³/mol. The Morgan fingerprint density at radius 1 is 0.345 bits per heavy atom. The van der Waals surface area contributed by atoms with Crippen molar-refractivity contribution in [2.45, 2.75) is 5.41 Å². The molecule has 0 saturated carbocycles. The van der Waals surface area contributed by atoms with E-state index >= 15 is 0 Å². The normalized spacial score (nSPS) is 17.3. The first-order chi connectivity index (χ1) is 34.0. The van der Waals surface area contributed by atoms with Crippen LogP contribution in [0.2, 0.25) is 0 Å². The third kappa shape index (κ3) is 4.99. The maximum absolute atomic E-state index is 10.7. The van der Waals surface area contributed by atoms with Gasteiger partial charge in [0.2, 0.25) is 0 Å². The largest absolute Gasteiger partial charge is 0.0726 e. The van der Waals surface area contributed by atoms with E-state index in [1.165, 1.54) is 0 Å². The van der Waals surface area contributed by atoms with Crippen LogP contribution in [0.15, 0.2) is 218 Å². The molecule has 2 heteroatoms. The fourth-order valence-electron chi connectivity index (χ4n) is 8.05. The van der Waals surface area contributed by atoms with E-state index in [9.17, 15) is 16.4 Å². The second kappa shape index (κ2) is 13.1. The van der Waals surface area contributed by atoms with E-state index in [2.05, 4.69) is 0 Å². The van der Waals surface area contributed by atoms with Crippen molar-refractivity contribution in [2.24, 2.45) is 0 Å². The van der Waals surface area contributed by atoms with Gasteiger partial charge in [-0.1, -0.05) is 206 Å². The molecule has 0 fully saturated rings. The molecule has 0 radical (unpaired) electrons. The summed E-state index contributed by atoms with van der Waals surface area (Å²) in [6.45, 7) is 0. The van der Waals surface area contributed by atoms with Crippen molar-refractivity contribution < 1.29 is 21.9 Å². The van der Waals surface area contributed by atoms with Crippen LogP contribution in [0.25, 0.3) is 33.0 Å². The first-order valence-corrected chi connectivity index (χ1v) is 20.4. The summed E-state index contributed by atoms with van der Waals surface area (Å²) < 4.78 is 156. The summed E-state index contributed by atoms with van der Waals surface area (Å²) in [4.78, 5) is 0. The van der Waals surface area contributed by atoms with E-state index < -0.39 is 93.8 Å². The molecule has 0 atom stereocenters. The molecule has 0 N–H and O–H groups in total. The first-order valence-electron chi connectivity index (χ1n) is 25.7. The third-order valence-corrected chi connectivity index (χ3v) is 14.9. The van der Waals surface area contributed by atoms with Gasteiger partial charge in [0.25, 0.3) is 0 Å². The van der Waals surface area contributed by atoms with E-state index in [1.807, 2.05) is 121 Å². The van der Waals surface area contributed by atoms with Gasteiger partial charge in [-0.3, -0.25) is 0 Å². The fourth-order valence-corrected chi connectivity index (χ4v) is 12.3. The molecule has 0 saturated heterocycles. The highest BCUT2D eigenvalue weighted by atomic mass is 31.1. The molecule has 1 spiro atoms. The third-order valence-electron chi connectivity index (χ3n) is 10.3. The zero-order valence-corrected chi connectivity index (χ0v) is 30.7. The van der Waals surface area contributed by atoms with Gasteiger partial charge in [0.1, 0.15) is 0 Å². The monoisotopic (exact) mass is 750 g/mol. The molecule has 0 nitrogen and oxygen atoms in total. The lowest BCUT2D eigenvalue weighted by Crippen LogP contribution is -2.29. The maximum Gasteiger partial charge on any atom is 0.0726 e. The lowest BCUT2D eigenvalue weighted by Gasteiger charge is -2.32. The van der Waals surface area contributed by atoms with Crippen molar-refractivity contribution in [2.75, 3.05) is 0 Å². The molecular weight excluding hydrogens is 699 g/mol. The molecule has 9 aromatic rings. The van der Waals surface area contributed by atoms with E-state index in [0.29, 0.717) is 21.2 Å². The van der Waals surface area contributed by atoms with Crippen molar-refractivity contribution in [1.29, 1.82) is 0 Å². The van der Waals surface area contributed by atoms with Gasteiger partial charge < -0.3 is 0 Å². The Morgan fingerprint density at radius 2 is 0.800 bits per heavy atom. The molecular formula is C53H36P2. The Labute approximate surface area is 347 Å². The molecule has 0 heterocycles. The molecule has 258 valence electrons. The molecule has 0 unspecified atom stereocenters. The average Bonchev–Trinajstić information content (AvgIpc) is 3.88. The standard InChI is InChI=1S/C53H36P2/c1-5-18-38(19-6-1)54(39-20-7-2-8-21-39)42-30-32-45-46-33-31-43(55(40-22-9-3-10-23-40)41-24-11-4-12-25-41)36-51(46)53(50(45)35-42)48-28-16-15-27-47(48)52-44-26-14-13-17-37(44)29-34-49(52)53/h1-36H/i13D,14D,15D,16D,17D,26D,27D,28D,29D,30D,31D,32D,33D,34D,35D,36D. The minimum absolute atomic E-state index is 0.0599. The quantitative estimate of drug-likeness (QED) is 0.149. The van der Waals surface area contributed by atoms with Gasteiger partial charge >= 0.3 is 0 Å². The van der Waals surface area contributed by atoms with Crippen LogP contribution in [0.1, 0.15) is 44.2 Å². The van der Waals surface area contributed by atoms with Crippen LogP contribution in [0.4, 0.5) is 0 Å². The number of hydrogen-bond donors (Lipinski definition) is 0. The number of fused-ring (bicyclic) bond motifs is 12. The first kappa shape index (κ1) is 20.1. The smallest absolute Gasteiger partial charge is 0.0622 e. The Balaban J connectivity index is 1.45. The molecule has 0 aromatic heterocycles. The molecule has 2 aliphatic carbocycles. The van der Waals surface area contributed by atoms with Crippen molar-refractivity contribution in [3.05, 3.63) is 240 Å². The fraction of sp³-hybridized carbons (Fsp3) is 0.0189. The minimum Gasteiger partial charge on any atom is -0.0622 e. The van der Waals surface area contributed by atoms with E-state index in [1.54, 1.807) is 0 Å². The number of hydrogen-bond acceptors (Lipinski definition) is 0.